The fourth-order valence-corrected chi connectivity index (χ4v) is 1.06. The molecule has 0 aliphatic rings. The van der Waals surface area contributed by atoms with E-state index in [9.17, 15) is 0 Å². The maximum atomic E-state index is 2.40. The van der Waals surface area contributed by atoms with Gasteiger partial charge in [0, 0.05) is 0 Å². The summed E-state index contributed by atoms with van der Waals surface area (Å²) in [6, 6.07) is 0. The molecule has 0 bridgehead atoms. The first-order chi connectivity index (χ1) is 5.22. The maximum Gasteiger partial charge on any atom is -0.0237 e. The second-order valence-electron chi connectivity index (χ2n) is 3.40. The third-order valence-corrected chi connectivity index (χ3v) is 2.41. The summed E-state index contributed by atoms with van der Waals surface area (Å²) in [5.74, 6) is 0.784. The Morgan fingerprint density at radius 3 is 2.45 bits per heavy atom. The van der Waals surface area contributed by atoms with Crippen molar-refractivity contribution in [2.24, 2.45) is 5.92 Å². The van der Waals surface area contributed by atoms with E-state index in [1.807, 2.05) is 0 Å². The van der Waals surface area contributed by atoms with E-state index in [1.54, 1.807) is 5.57 Å². The lowest BCUT2D eigenvalue weighted by atomic mass is 9.99. The predicted octanol–water partition coefficient (Wildman–Crippen LogP) is 4.17. The normalized spacial score (nSPS) is 15.1. The third kappa shape index (κ3) is 5.06. The monoisotopic (exact) mass is 154 g/mol. The van der Waals surface area contributed by atoms with Gasteiger partial charge in [0.2, 0.25) is 0 Å². The molecule has 1 atom stereocenters. The average molecular weight is 154 g/mol. The second-order valence-corrected chi connectivity index (χ2v) is 3.40. The van der Waals surface area contributed by atoms with Crippen LogP contribution in [-0.2, 0) is 0 Å². The van der Waals surface area contributed by atoms with E-state index in [0.29, 0.717) is 0 Å². The van der Waals surface area contributed by atoms with Gasteiger partial charge >= 0.3 is 0 Å². The van der Waals surface area contributed by atoms with Crippen LogP contribution in [0.1, 0.15) is 53.4 Å². The predicted molar refractivity (Wildman–Crippen MR) is 52.7 cm³/mol. The molecule has 0 aliphatic heterocycles. The Labute approximate surface area is 71.7 Å². The first-order valence-electron chi connectivity index (χ1n) is 4.89. The van der Waals surface area contributed by atoms with Crippen LogP contribution >= 0.6 is 0 Å². The van der Waals surface area contributed by atoms with Crippen LogP contribution in [0.5, 0.6) is 0 Å². The van der Waals surface area contributed by atoms with Crippen molar-refractivity contribution in [2.45, 2.75) is 53.4 Å². The van der Waals surface area contributed by atoms with E-state index in [-0.39, 0.29) is 0 Å². The molecule has 0 aromatic heterocycles. The van der Waals surface area contributed by atoms with Crippen molar-refractivity contribution < 1.29 is 0 Å². The van der Waals surface area contributed by atoms with Gasteiger partial charge in [-0.3, -0.25) is 0 Å². The maximum absolute atomic E-state index is 2.40. The lowest BCUT2D eigenvalue weighted by molar-refractivity contribution is 0.648. The topological polar surface area (TPSA) is 0 Å². The quantitative estimate of drug-likeness (QED) is 0.412. The Bertz CT molecular complexity index is 111. The van der Waals surface area contributed by atoms with Gasteiger partial charge in [-0.15, -0.1) is 0 Å². The molecule has 0 nitrogen and oxygen atoms in total. The van der Waals surface area contributed by atoms with Crippen molar-refractivity contribution in [3.05, 3.63) is 11.6 Å². The van der Waals surface area contributed by atoms with Crippen LogP contribution in [0.25, 0.3) is 0 Å². The Hall–Kier alpha value is -0.260. The van der Waals surface area contributed by atoms with E-state index in [4.69, 9.17) is 0 Å². The number of hydrogen-bond acceptors (Lipinski definition) is 0. The second kappa shape index (κ2) is 6.45. The first-order valence-corrected chi connectivity index (χ1v) is 4.89. The van der Waals surface area contributed by atoms with Crippen molar-refractivity contribution in [3.63, 3.8) is 0 Å². The Kier molecular flexibility index (Phi) is 6.30. The minimum atomic E-state index is 0.784. The van der Waals surface area contributed by atoms with Gasteiger partial charge in [-0.1, -0.05) is 45.3 Å². The molecule has 0 heteroatoms. The third-order valence-electron chi connectivity index (χ3n) is 2.41. The van der Waals surface area contributed by atoms with E-state index < -0.39 is 0 Å². The van der Waals surface area contributed by atoms with E-state index >= 15 is 0 Å². The van der Waals surface area contributed by atoms with Gasteiger partial charge in [0.25, 0.3) is 0 Å². The summed E-state index contributed by atoms with van der Waals surface area (Å²) in [5, 5.41) is 0. The lowest BCUT2D eigenvalue weighted by Crippen LogP contribution is -1.93. The zero-order valence-electron chi connectivity index (χ0n) is 8.48. The summed E-state index contributed by atoms with van der Waals surface area (Å²) < 4.78 is 0. The molecule has 1 unspecified atom stereocenters. The number of hydrogen-bond donors (Lipinski definition) is 0. The van der Waals surface area contributed by atoms with Crippen LogP contribution in [0.4, 0.5) is 0 Å². The minimum absolute atomic E-state index is 0.784. The van der Waals surface area contributed by atoms with Crippen molar-refractivity contribution in [1.29, 1.82) is 0 Å². The molecule has 0 aliphatic carbocycles. The summed E-state index contributed by atoms with van der Waals surface area (Å²) in [6.45, 7) is 9.05. The molecule has 0 rings (SSSR count). The molecule has 66 valence electrons. The summed E-state index contributed by atoms with van der Waals surface area (Å²) in [5.41, 5.74) is 1.57. The largest absolute Gasteiger partial charge is 0.0853 e. The van der Waals surface area contributed by atoms with Gasteiger partial charge in [-0.05, 0) is 25.7 Å². The van der Waals surface area contributed by atoms with E-state index in [1.165, 1.54) is 25.7 Å². The molecule has 0 fully saturated rings. The SMILES string of the molecule is CCCCC=C(C)C(C)CC. The summed E-state index contributed by atoms with van der Waals surface area (Å²) in [6.07, 6.45) is 7.59. The van der Waals surface area contributed by atoms with Crippen LogP contribution in [0.3, 0.4) is 0 Å². The average Bonchev–Trinajstić information content (AvgIpc) is 2.03. The summed E-state index contributed by atoms with van der Waals surface area (Å²) in [7, 11) is 0. The smallest absolute Gasteiger partial charge is 0.0237 e. The Morgan fingerprint density at radius 1 is 1.36 bits per heavy atom. The molecule has 0 spiro atoms. The molecule has 0 amide bonds. The lowest BCUT2D eigenvalue weighted by Gasteiger charge is -2.08. The summed E-state index contributed by atoms with van der Waals surface area (Å²) >= 11 is 0. The fourth-order valence-electron chi connectivity index (χ4n) is 1.06. The molecular weight excluding hydrogens is 132 g/mol. The highest BCUT2D eigenvalue weighted by Crippen LogP contribution is 2.14. The van der Waals surface area contributed by atoms with E-state index in [2.05, 4.69) is 33.8 Å². The first kappa shape index (κ1) is 10.7. The van der Waals surface area contributed by atoms with E-state index in [0.717, 1.165) is 5.92 Å². The Balaban J connectivity index is 3.61. The van der Waals surface area contributed by atoms with Gasteiger partial charge in [0.05, 0.1) is 0 Å². The zero-order valence-corrected chi connectivity index (χ0v) is 8.48. The van der Waals surface area contributed by atoms with Crippen molar-refractivity contribution >= 4 is 0 Å². The van der Waals surface area contributed by atoms with Crippen molar-refractivity contribution in [1.82, 2.24) is 0 Å². The van der Waals surface area contributed by atoms with Crippen LogP contribution in [0, 0.1) is 5.92 Å². The van der Waals surface area contributed by atoms with Gasteiger partial charge in [0.1, 0.15) is 0 Å². The molecule has 0 radical (unpaired) electrons. The number of allylic oxidation sites excluding steroid dienone is 2. The van der Waals surface area contributed by atoms with Crippen molar-refractivity contribution in [3.8, 4) is 0 Å². The zero-order chi connectivity index (χ0) is 8.69. The molecule has 0 N–H and O–H groups in total. The van der Waals surface area contributed by atoms with Crippen molar-refractivity contribution in [2.75, 3.05) is 0 Å². The van der Waals surface area contributed by atoms with Crippen LogP contribution < -0.4 is 0 Å². The molecule has 0 saturated carbocycles. The molecular formula is C11H22. The van der Waals surface area contributed by atoms with Crippen LogP contribution in [0.2, 0.25) is 0 Å². The van der Waals surface area contributed by atoms with Gasteiger partial charge in [-0.25, -0.2) is 0 Å². The molecule has 0 heterocycles. The molecule has 0 aromatic carbocycles. The van der Waals surface area contributed by atoms with Gasteiger partial charge in [0.15, 0.2) is 0 Å². The highest BCUT2D eigenvalue weighted by atomic mass is 14.0. The van der Waals surface area contributed by atoms with Crippen LogP contribution in [-0.4, -0.2) is 0 Å². The highest BCUT2D eigenvalue weighted by Gasteiger charge is 1.98. The Morgan fingerprint density at radius 2 is 2.00 bits per heavy atom. The molecule has 11 heavy (non-hydrogen) atoms. The highest BCUT2D eigenvalue weighted by molar-refractivity contribution is 5.01. The van der Waals surface area contributed by atoms with Gasteiger partial charge < -0.3 is 0 Å². The molecule has 0 saturated heterocycles. The summed E-state index contributed by atoms with van der Waals surface area (Å²) in [4.78, 5) is 0. The fraction of sp³-hybridized carbons (Fsp3) is 0.818. The molecule has 0 aromatic rings. The number of rotatable bonds is 5. The number of unbranched alkanes of at least 4 members (excludes halogenated alkanes) is 2. The minimum Gasteiger partial charge on any atom is -0.0853 e. The standard InChI is InChI=1S/C11H22/c1-5-7-8-9-11(4)10(3)6-2/h9-10H,5-8H2,1-4H3. The van der Waals surface area contributed by atoms with Crippen LogP contribution in [0.15, 0.2) is 11.6 Å². The van der Waals surface area contributed by atoms with Gasteiger partial charge in [-0.2, -0.15) is 0 Å².